The first-order valence-corrected chi connectivity index (χ1v) is 14.3. The number of hydrogen-bond acceptors (Lipinski definition) is 19. The lowest BCUT2D eigenvalue weighted by molar-refractivity contribution is -0.334. The van der Waals surface area contributed by atoms with Crippen LogP contribution < -0.4 is 5.73 Å². The predicted molar refractivity (Wildman–Crippen MR) is 152 cm³/mol. The molecule has 2 amide bonds. The number of ether oxygens (including phenoxy) is 6. The van der Waals surface area contributed by atoms with E-state index in [1.165, 1.54) is 6.92 Å². The van der Waals surface area contributed by atoms with Crippen molar-refractivity contribution in [3.8, 4) is 0 Å². The van der Waals surface area contributed by atoms with Crippen LogP contribution in [0.2, 0.25) is 0 Å². The van der Waals surface area contributed by atoms with Crippen molar-refractivity contribution in [2.75, 3.05) is 13.2 Å². The van der Waals surface area contributed by atoms with E-state index in [1.54, 1.807) is 0 Å². The van der Waals surface area contributed by atoms with E-state index in [4.69, 9.17) is 34.2 Å². The third kappa shape index (κ3) is 8.95. The van der Waals surface area contributed by atoms with Crippen molar-refractivity contribution in [1.82, 2.24) is 4.90 Å². The van der Waals surface area contributed by atoms with E-state index >= 15 is 0 Å². The van der Waals surface area contributed by atoms with Gasteiger partial charge < -0.3 is 54.6 Å². The van der Waals surface area contributed by atoms with Gasteiger partial charge in [-0.05, 0) is 6.92 Å². The van der Waals surface area contributed by atoms with Crippen LogP contribution in [-0.4, -0.2) is 146 Å². The molecule has 48 heavy (non-hydrogen) atoms. The Morgan fingerprint density at radius 2 is 1.21 bits per heavy atom. The average Bonchev–Trinajstić information content (AvgIpc) is 2.94. The van der Waals surface area contributed by atoms with Gasteiger partial charge in [-0.15, -0.1) is 0 Å². The zero-order valence-electron chi connectivity index (χ0n) is 27.6. The average molecular weight is 695 g/mol. The quantitative estimate of drug-likeness (QED) is 0.114. The van der Waals surface area contributed by atoms with Crippen molar-refractivity contribution in [2.45, 2.75) is 116 Å². The lowest BCUT2D eigenvalue weighted by Crippen LogP contribution is -2.84. The molecule has 2 fully saturated rings. The van der Waals surface area contributed by atoms with Gasteiger partial charge in [-0.25, -0.2) is 0 Å². The summed E-state index contributed by atoms with van der Waals surface area (Å²) < 4.78 is 30.5. The maximum absolute atomic E-state index is 12.4. The van der Waals surface area contributed by atoms with Gasteiger partial charge in [0.15, 0.2) is 29.3 Å². The molecule has 0 aliphatic carbocycles. The summed E-state index contributed by atoms with van der Waals surface area (Å²) in [5.41, 5.74) is 3.02. The highest BCUT2D eigenvalue weighted by Crippen LogP contribution is 2.43. The standard InChI is InChI=1S/2C14H21NO9/c1-6(16)20-5-10-12(21-7(2)17)13(22-8(3)18)11(15)14(24-10)23-9(4)19;1-6(17)13(15(8(3)19)9(4)20)12(22)11(21)10(5-16)24-14(13,23)7(2)18/h10-14H,5,15H2,1-4H3;10-12,16,21-23H,5H2,1-4H3/t10-,11-,12-,13-,14+;10-,11-,12+,13-,14?/m11/s1. The summed E-state index contributed by atoms with van der Waals surface area (Å²) in [7, 11) is 0. The Morgan fingerprint density at radius 3 is 1.58 bits per heavy atom. The number of nitrogens with two attached hydrogens (primary N) is 1. The normalized spacial score (nSPS) is 32.7. The summed E-state index contributed by atoms with van der Waals surface area (Å²) in [6.45, 7) is 6.82. The maximum atomic E-state index is 12.4. The van der Waals surface area contributed by atoms with Gasteiger partial charge in [0.25, 0.3) is 5.79 Å². The van der Waals surface area contributed by atoms with Crippen LogP contribution in [0.1, 0.15) is 55.4 Å². The second kappa shape index (κ2) is 17.0. The van der Waals surface area contributed by atoms with Crippen LogP contribution in [0.15, 0.2) is 0 Å². The van der Waals surface area contributed by atoms with E-state index in [0.717, 1.165) is 48.5 Å². The number of nitrogens with zero attached hydrogens (tertiary/aromatic N) is 1. The van der Waals surface area contributed by atoms with Crippen molar-refractivity contribution in [2.24, 2.45) is 5.73 Å². The second-order valence-corrected chi connectivity index (χ2v) is 10.9. The SMILES string of the molecule is CC(=O)N(C(C)=O)[C@]1(C(C)=O)[C@@H](O)[C@H](O)[C@@H](CO)OC1(O)C(C)=O.CC(=O)OC[C@H]1O[C@H](OC(C)=O)[C@H](N)[C@@H](OC(C)=O)[C@@H]1OC(C)=O. The Morgan fingerprint density at radius 1 is 0.729 bits per heavy atom. The van der Waals surface area contributed by atoms with Crippen molar-refractivity contribution in [1.29, 1.82) is 0 Å². The number of aliphatic hydroxyl groups is 4. The summed E-state index contributed by atoms with van der Waals surface area (Å²) in [5, 5.41) is 40.6. The van der Waals surface area contributed by atoms with Crippen LogP contribution in [-0.2, 0) is 66.8 Å². The number of aliphatic hydroxyl groups excluding tert-OH is 3. The van der Waals surface area contributed by atoms with Gasteiger partial charge in [0.2, 0.25) is 18.1 Å². The molecule has 1 unspecified atom stereocenters. The molecule has 20 heteroatoms. The van der Waals surface area contributed by atoms with Crippen molar-refractivity contribution >= 4 is 47.3 Å². The summed E-state index contributed by atoms with van der Waals surface area (Å²) in [6, 6.07) is -1.10. The van der Waals surface area contributed by atoms with Gasteiger partial charge in [-0.3, -0.25) is 43.3 Å². The third-order valence-corrected chi connectivity index (χ3v) is 7.18. The number of ketones is 2. The van der Waals surface area contributed by atoms with Crippen LogP contribution in [0, 0.1) is 0 Å². The molecule has 272 valence electrons. The van der Waals surface area contributed by atoms with Crippen LogP contribution in [0.5, 0.6) is 0 Å². The number of imide groups is 1. The Hall–Kier alpha value is -3.92. The van der Waals surface area contributed by atoms with E-state index in [9.17, 15) is 58.8 Å². The molecule has 2 rings (SSSR count). The number of amides is 2. The Kier molecular flexibility index (Phi) is 14.9. The van der Waals surface area contributed by atoms with E-state index in [1.807, 2.05) is 0 Å². The van der Waals surface area contributed by atoms with Crippen LogP contribution in [0.4, 0.5) is 0 Å². The lowest BCUT2D eigenvalue weighted by Gasteiger charge is -2.56. The minimum Gasteiger partial charge on any atom is -0.463 e. The van der Waals surface area contributed by atoms with Crippen LogP contribution in [0.3, 0.4) is 0 Å². The molecule has 20 nitrogen and oxygen atoms in total. The molecular weight excluding hydrogens is 652 g/mol. The first-order chi connectivity index (χ1) is 22.0. The minimum atomic E-state index is -3.15. The Balaban J connectivity index is 0.000000480. The number of Topliss-reactive ketones (excluding diaryl/α,β-unsaturated/α-hetero) is 2. The molecule has 0 aromatic carbocycles. The maximum Gasteiger partial charge on any atom is 0.304 e. The van der Waals surface area contributed by atoms with Gasteiger partial charge in [0.1, 0.15) is 37.1 Å². The van der Waals surface area contributed by atoms with E-state index in [-0.39, 0.29) is 11.5 Å². The number of carbonyl (C=O) groups excluding carboxylic acids is 8. The summed E-state index contributed by atoms with van der Waals surface area (Å²) in [4.78, 5) is 93.4. The van der Waals surface area contributed by atoms with Gasteiger partial charge in [-0.1, -0.05) is 0 Å². The summed E-state index contributed by atoms with van der Waals surface area (Å²) >= 11 is 0. The molecule has 2 aliphatic rings. The van der Waals surface area contributed by atoms with Crippen molar-refractivity contribution in [3.63, 3.8) is 0 Å². The van der Waals surface area contributed by atoms with Gasteiger partial charge >= 0.3 is 23.9 Å². The number of esters is 4. The van der Waals surface area contributed by atoms with E-state index < -0.39 is 114 Å². The molecular formula is C28H42N2O18. The topological polar surface area (TPSA) is 302 Å². The number of rotatable bonds is 9. The van der Waals surface area contributed by atoms with E-state index in [0.29, 0.717) is 0 Å². The Labute approximate surface area is 274 Å². The molecule has 2 saturated heterocycles. The molecule has 0 saturated carbocycles. The molecule has 2 heterocycles. The lowest BCUT2D eigenvalue weighted by atomic mass is 9.71. The van der Waals surface area contributed by atoms with Crippen molar-refractivity contribution in [3.05, 3.63) is 0 Å². The highest BCUT2D eigenvalue weighted by Gasteiger charge is 2.73. The summed E-state index contributed by atoms with van der Waals surface area (Å²) in [6.07, 6.45) is -10.4. The van der Waals surface area contributed by atoms with E-state index in [2.05, 4.69) is 0 Å². The first kappa shape index (κ1) is 42.1. The van der Waals surface area contributed by atoms with Gasteiger partial charge in [0, 0.05) is 48.5 Å². The predicted octanol–water partition coefficient (Wildman–Crippen LogP) is -3.87. The summed E-state index contributed by atoms with van der Waals surface area (Å²) in [5.74, 6) is -10.2. The zero-order chi connectivity index (χ0) is 37.5. The second-order valence-electron chi connectivity index (χ2n) is 10.9. The molecule has 0 spiro atoms. The molecule has 6 N–H and O–H groups in total. The fourth-order valence-corrected chi connectivity index (χ4v) is 5.33. The fraction of sp³-hybridized carbons (Fsp3) is 0.714. The smallest absolute Gasteiger partial charge is 0.304 e. The highest BCUT2D eigenvalue weighted by molar-refractivity contribution is 6.06. The minimum absolute atomic E-state index is 0.193. The highest BCUT2D eigenvalue weighted by atomic mass is 16.7. The molecule has 0 radical (unpaired) electrons. The Bertz CT molecular complexity index is 1240. The monoisotopic (exact) mass is 694 g/mol. The number of hydrogen-bond donors (Lipinski definition) is 5. The third-order valence-electron chi connectivity index (χ3n) is 7.18. The fourth-order valence-electron chi connectivity index (χ4n) is 5.33. The molecule has 0 aromatic rings. The van der Waals surface area contributed by atoms with Crippen molar-refractivity contribution < 1.29 is 87.2 Å². The molecule has 2 aliphatic heterocycles. The van der Waals surface area contributed by atoms with Gasteiger partial charge in [-0.2, -0.15) is 0 Å². The molecule has 10 atom stereocenters. The van der Waals surface area contributed by atoms with Crippen LogP contribution >= 0.6 is 0 Å². The first-order valence-electron chi connectivity index (χ1n) is 14.3. The van der Waals surface area contributed by atoms with Gasteiger partial charge in [0.05, 0.1) is 6.61 Å². The number of carbonyl (C=O) groups is 8. The molecule has 0 aromatic heterocycles. The van der Waals surface area contributed by atoms with Crippen LogP contribution in [0.25, 0.3) is 0 Å². The zero-order valence-corrected chi connectivity index (χ0v) is 27.6. The molecule has 0 bridgehead atoms. The largest absolute Gasteiger partial charge is 0.463 e.